The van der Waals surface area contributed by atoms with E-state index in [1.54, 1.807) is 38.5 Å². The number of thioether (sulfide) groups is 1. The Morgan fingerprint density at radius 3 is 2.41 bits per heavy atom. The van der Waals surface area contributed by atoms with Crippen LogP contribution in [0.15, 0.2) is 59.8 Å². The molecule has 4 aromatic rings. The van der Waals surface area contributed by atoms with Crippen molar-refractivity contribution in [2.45, 2.75) is 11.3 Å². The normalized spacial score (nSPS) is 11.4. The Bertz CT molecular complexity index is 1330. The summed E-state index contributed by atoms with van der Waals surface area (Å²) in [4.78, 5) is 12.3. The molecule has 1 amide bonds. The molecule has 1 N–H and O–H groups in total. The second-order valence-corrected chi connectivity index (χ2v) is 7.90. The number of methoxy groups -OCH3 is 2. The number of carbonyl (C=O) groups excluding carboxylic acids is 1. The average Bonchev–Trinajstić information content (AvgIpc) is 3.24. The van der Waals surface area contributed by atoms with Crippen LogP contribution >= 0.6 is 11.8 Å². The molecule has 0 fully saturated rings. The Kier molecular flexibility index (Phi) is 6.59. The topological polar surface area (TPSA) is 90.6 Å². The number of benzene rings is 2. The van der Waals surface area contributed by atoms with Crippen LogP contribution in [0.2, 0.25) is 0 Å². The van der Waals surface area contributed by atoms with Crippen LogP contribution in [-0.2, 0) is 11.0 Å². The fraction of sp³-hybridized carbons (Fsp3) is 0.182. The number of aromatic nitrogens is 4. The molecule has 2 heterocycles. The summed E-state index contributed by atoms with van der Waals surface area (Å²) in [7, 11) is 3.10. The van der Waals surface area contributed by atoms with Crippen molar-refractivity contribution in [3.8, 4) is 22.8 Å². The molecule has 2 aromatic heterocycles. The lowest BCUT2D eigenvalue weighted by molar-refractivity contribution is -0.137. The van der Waals surface area contributed by atoms with Gasteiger partial charge in [0.1, 0.15) is 0 Å². The van der Waals surface area contributed by atoms with E-state index in [0.717, 1.165) is 29.5 Å². The Morgan fingerprint density at radius 1 is 1.00 bits per heavy atom. The molecule has 0 aliphatic carbocycles. The number of alkyl halides is 3. The van der Waals surface area contributed by atoms with E-state index in [4.69, 9.17) is 9.47 Å². The van der Waals surface area contributed by atoms with Crippen LogP contribution in [0.1, 0.15) is 5.56 Å². The molecule has 0 saturated heterocycles. The summed E-state index contributed by atoms with van der Waals surface area (Å²) in [6.45, 7) is 0. The molecule has 0 aliphatic rings. The van der Waals surface area contributed by atoms with Crippen molar-refractivity contribution in [1.29, 1.82) is 0 Å². The first kappa shape index (κ1) is 23.4. The van der Waals surface area contributed by atoms with Crippen LogP contribution < -0.4 is 14.8 Å². The fourth-order valence-corrected chi connectivity index (χ4v) is 3.77. The molecule has 8 nitrogen and oxygen atoms in total. The Hall–Kier alpha value is -3.80. The van der Waals surface area contributed by atoms with Gasteiger partial charge < -0.3 is 14.8 Å². The highest BCUT2D eigenvalue weighted by Crippen LogP contribution is 2.32. The maximum Gasteiger partial charge on any atom is 0.416 e. The molecular formula is C22H18F3N5O3S. The highest BCUT2D eigenvalue weighted by atomic mass is 32.2. The van der Waals surface area contributed by atoms with Crippen LogP contribution in [0, 0.1) is 0 Å². The van der Waals surface area contributed by atoms with Gasteiger partial charge in [0, 0.05) is 11.3 Å². The van der Waals surface area contributed by atoms with E-state index in [2.05, 4.69) is 20.6 Å². The summed E-state index contributed by atoms with van der Waals surface area (Å²) in [6.07, 6.45) is -4.43. The van der Waals surface area contributed by atoms with E-state index in [-0.39, 0.29) is 11.4 Å². The number of carbonyl (C=O) groups is 1. The number of hydrogen-bond donors (Lipinski definition) is 1. The van der Waals surface area contributed by atoms with Gasteiger partial charge in [0.15, 0.2) is 17.1 Å². The SMILES string of the molecule is COc1ccc(-c2ccc3nnc(SCC(=O)Nc4ccc(C(F)(F)F)cc4)n3n2)cc1OC. The summed E-state index contributed by atoms with van der Waals surface area (Å²) in [5, 5.41) is 15.6. The molecule has 0 spiro atoms. The molecule has 0 bridgehead atoms. The maximum absolute atomic E-state index is 12.7. The van der Waals surface area contributed by atoms with Crippen molar-refractivity contribution in [3.63, 3.8) is 0 Å². The average molecular weight is 489 g/mol. The van der Waals surface area contributed by atoms with E-state index in [1.807, 2.05) is 6.07 Å². The summed E-state index contributed by atoms with van der Waals surface area (Å²) in [5.41, 5.74) is 1.38. The van der Waals surface area contributed by atoms with Crippen LogP contribution in [0.25, 0.3) is 16.9 Å². The number of halogens is 3. The van der Waals surface area contributed by atoms with Crippen LogP contribution in [0.3, 0.4) is 0 Å². The minimum absolute atomic E-state index is 0.0376. The molecule has 4 rings (SSSR count). The number of amides is 1. The summed E-state index contributed by atoms with van der Waals surface area (Å²) in [5.74, 6) is 0.703. The maximum atomic E-state index is 12.7. The molecule has 34 heavy (non-hydrogen) atoms. The molecule has 2 aromatic carbocycles. The number of nitrogens with one attached hydrogen (secondary N) is 1. The largest absolute Gasteiger partial charge is 0.493 e. The molecule has 0 aliphatic heterocycles. The van der Waals surface area contributed by atoms with E-state index in [9.17, 15) is 18.0 Å². The zero-order chi connectivity index (χ0) is 24.3. The molecule has 0 unspecified atom stereocenters. The first-order chi connectivity index (χ1) is 16.3. The third-order valence-corrected chi connectivity index (χ3v) is 5.66. The van der Waals surface area contributed by atoms with Crippen LogP contribution in [-0.4, -0.2) is 45.7 Å². The van der Waals surface area contributed by atoms with E-state index in [1.165, 1.54) is 16.6 Å². The Morgan fingerprint density at radius 2 is 1.74 bits per heavy atom. The molecule has 12 heteroatoms. The molecule has 0 saturated carbocycles. The lowest BCUT2D eigenvalue weighted by Crippen LogP contribution is -2.14. The zero-order valence-corrected chi connectivity index (χ0v) is 18.8. The van der Waals surface area contributed by atoms with Gasteiger partial charge in [0.2, 0.25) is 11.1 Å². The van der Waals surface area contributed by atoms with Gasteiger partial charge in [0.05, 0.1) is 31.2 Å². The highest BCUT2D eigenvalue weighted by molar-refractivity contribution is 7.99. The molecular weight excluding hydrogens is 471 g/mol. The lowest BCUT2D eigenvalue weighted by Gasteiger charge is -2.09. The number of anilines is 1. The minimum atomic E-state index is -4.43. The quantitative estimate of drug-likeness (QED) is 0.381. The van der Waals surface area contributed by atoms with Crippen molar-refractivity contribution in [2.24, 2.45) is 0 Å². The van der Waals surface area contributed by atoms with Gasteiger partial charge in [0.25, 0.3) is 0 Å². The first-order valence-corrected chi connectivity index (χ1v) is 10.8. The molecule has 0 radical (unpaired) electrons. The summed E-state index contributed by atoms with van der Waals surface area (Å²) in [6, 6.07) is 13.2. The van der Waals surface area contributed by atoms with Crippen molar-refractivity contribution in [2.75, 3.05) is 25.3 Å². The smallest absolute Gasteiger partial charge is 0.416 e. The fourth-order valence-electron chi connectivity index (χ4n) is 3.08. The minimum Gasteiger partial charge on any atom is -0.493 e. The van der Waals surface area contributed by atoms with Gasteiger partial charge in [-0.3, -0.25) is 4.79 Å². The van der Waals surface area contributed by atoms with Crippen molar-refractivity contribution >= 4 is 29.0 Å². The van der Waals surface area contributed by atoms with Crippen molar-refractivity contribution in [1.82, 2.24) is 19.8 Å². The van der Waals surface area contributed by atoms with Gasteiger partial charge in [-0.1, -0.05) is 11.8 Å². The predicted octanol–water partition coefficient (Wildman–Crippen LogP) is 4.56. The highest BCUT2D eigenvalue weighted by Gasteiger charge is 2.30. The summed E-state index contributed by atoms with van der Waals surface area (Å²) >= 11 is 1.10. The number of rotatable bonds is 7. The first-order valence-electron chi connectivity index (χ1n) is 9.83. The van der Waals surface area contributed by atoms with E-state index in [0.29, 0.717) is 28.0 Å². The Balaban J connectivity index is 1.47. The van der Waals surface area contributed by atoms with Crippen LogP contribution in [0.5, 0.6) is 11.5 Å². The summed E-state index contributed by atoms with van der Waals surface area (Å²) < 4.78 is 50.1. The molecule has 0 atom stereocenters. The van der Waals surface area contributed by atoms with Gasteiger partial charge in [-0.2, -0.15) is 22.8 Å². The number of fused-ring (bicyclic) bond motifs is 1. The Labute approximate surface area is 196 Å². The standard InChI is InChI=1S/C22H18F3N5O3S/c1-32-17-9-3-13(11-18(17)33-2)16-8-10-19-27-28-21(30(19)29-16)34-12-20(31)26-15-6-4-14(5-7-15)22(23,24)25/h3-11H,12H2,1-2H3,(H,26,31). The molecule has 176 valence electrons. The van der Waals surface area contributed by atoms with E-state index < -0.39 is 17.6 Å². The van der Waals surface area contributed by atoms with Gasteiger partial charge in [-0.25, -0.2) is 0 Å². The van der Waals surface area contributed by atoms with Crippen molar-refractivity contribution in [3.05, 3.63) is 60.2 Å². The third kappa shape index (κ3) is 5.06. The van der Waals surface area contributed by atoms with Crippen LogP contribution in [0.4, 0.5) is 18.9 Å². The third-order valence-electron chi connectivity index (χ3n) is 4.74. The van der Waals surface area contributed by atoms with Gasteiger partial charge >= 0.3 is 6.18 Å². The van der Waals surface area contributed by atoms with Gasteiger partial charge in [-0.15, -0.1) is 10.2 Å². The number of nitrogens with zero attached hydrogens (tertiary/aromatic N) is 4. The second-order valence-electron chi connectivity index (χ2n) is 6.95. The monoisotopic (exact) mass is 489 g/mol. The predicted molar refractivity (Wildman–Crippen MR) is 120 cm³/mol. The van der Waals surface area contributed by atoms with E-state index >= 15 is 0 Å². The zero-order valence-electron chi connectivity index (χ0n) is 18.0. The van der Waals surface area contributed by atoms with Gasteiger partial charge in [-0.05, 0) is 54.6 Å². The second kappa shape index (κ2) is 9.59. The number of hydrogen-bond acceptors (Lipinski definition) is 7. The van der Waals surface area contributed by atoms with Crippen molar-refractivity contribution < 1.29 is 27.4 Å². The number of ether oxygens (including phenoxy) is 2. The lowest BCUT2D eigenvalue weighted by atomic mass is 10.1.